The highest BCUT2D eigenvalue weighted by atomic mass is 32.2. The van der Waals surface area contributed by atoms with Gasteiger partial charge in [0.25, 0.3) is 0 Å². The van der Waals surface area contributed by atoms with E-state index < -0.39 is 37.9 Å². The molecule has 0 spiro atoms. The van der Waals surface area contributed by atoms with Gasteiger partial charge in [-0.15, -0.1) is 0 Å². The van der Waals surface area contributed by atoms with Crippen LogP contribution in [0.3, 0.4) is 0 Å². The Hall–Kier alpha value is -1.15. The van der Waals surface area contributed by atoms with Crippen LogP contribution in [-0.2, 0) is 24.3 Å². The van der Waals surface area contributed by atoms with E-state index in [1.807, 2.05) is 0 Å². The van der Waals surface area contributed by atoms with E-state index in [4.69, 9.17) is 5.26 Å². The monoisotopic (exact) mass is 249 g/mol. The predicted molar refractivity (Wildman–Crippen MR) is 50.8 cm³/mol. The minimum atomic E-state index is -3.61. The van der Waals surface area contributed by atoms with Gasteiger partial charge in [0.05, 0.1) is 6.42 Å². The van der Waals surface area contributed by atoms with Crippen molar-refractivity contribution < 1.29 is 28.2 Å². The summed E-state index contributed by atoms with van der Waals surface area (Å²) in [5, 5.41) is 7.37. The van der Waals surface area contributed by atoms with Gasteiger partial charge in [-0.1, -0.05) is 0 Å². The van der Waals surface area contributed by atoms with Crippen molar-refractivity contribution in [1.29, 1.82) is 0 Å². The average molecular weight is 249 g/mol. The maximum absolute atomic E-state index is 12.0. The highest BCUT2D eigenvalue weighted by Crippen LogP contribution is 2.45. The smallest absolute Gasteiger partial charge is 0.309 e. The molecule has 2 heterocycles. The molecule has 0 radical (unpaired) electrons. The second-order valence-corrected chi connectivity index (χ2v) is 7.11. The number of hydrogen-bond acceptors (Lipinski definition) is 6. The molecule has 8 heteroatoms. The zero-order valence-electron chi connectivity index (χ0n) is 8.71. The summed E-state index contributed by atoms with van der Waals surface area (Å²) >= 11 is 0. The summed E-state index contributed by atoms with van der Waals surface area (Å²) < 4.78 is 22.5. The number of carbonyl (C=O) groups is 2. The minimum absolute atomic E-state index is 0.110. The van der Waals surface area contributed by atoms with Crippen molar-refractivity contribution in [1.82, 2.24) is 4.90 Å². The van der Waals surface area contributed by atoms with Crippen LogP contribution >= 0.6 is 0 Å². The van der Waals surface area contributed by atoms with Crippen molar-refractivity contribution in [3.8, 4) is 0 Å². The van der Waals surface area contributed by atoms with E-state index >= 15 is 0 Å². The van der Waals surface area contributed by atoms with Gasteiger partial charge in [-0.2, -0.15) is 5.26 Å². The number of amides is 1. The maximum atomic E-state index is 12.0. The Balaban J connectivity index is 2.52. The molecule has 0 aromatic heterocycles. The third-order valence-corrected chi connectivity index (χ3v) is 6.09. The molecule has 2 rings (SSSR count). The van der Waals surface area contributed by atoms with E-state index in [0.717, 1.165) is 4.90 Å². The van der Waals surface area contributed by atoms with E-state index in [0.29, 0.717) is 0 Å². The Morgan fingerprint density at radius 2 is 2.12 bits per heavy atom. The molecule has 16 heavy (non-hydrogen) atoms. The average Bonchev–Trinajstić information content (AvgIpc) is 2.31. The Kier molecular flexibility index (Phi) is 2.09. The van der Waals surface area contributed by atoms with Crippen LogP contribution in [0.5, 0.6) is 0 Å². The van der Waals surface area contributed by atoms with Crippen molar-refractivity contribution in [2.24, 2.45) is 0 Å². The molecule has 2 atom stereocenters. The highest BCUT2D eigenvalue weighted by molar-refractivity contribution is 7.93. The van der Waals surface area contributed by atoms with Crippen molar-refractivity contribution in [3.05, 3.63) is 0 Å². The van der Waals surface area contributed by atoms with Crippen molar-refractivity contribution >= 4 is 21.7 Å². The maximum Gasteiger partial charge on any atom is 0.365 e. The van der Waals surface area contributed by atoms with E-state index in [1.165, 1.54) is 13.8 Å². The van der Waals surface area contributed by atoms with Crippen LogP contribution in [0.2, 0.25) is 0 Å². The second-order valence-electron chi connectivity index (χ2n) is 4.42. The Morgan fingerprint density at radius 1 is 1.56 bits per heavy atom. The van der Waals surface area contributed by atoms with Gasteiger partial charge in [0, 0.05) is 0 Å². The summed E-state index contributed by atoms with van der Waals surface area (Å²) in [6.07, 6.45) is -0.110. The number of hydrogen-bond donors (Lipinski definition) is 1. The lowest BCUT2D eigenvalue weighted by Crippen LogP contribution is -2.57. The van der Waals surface area contributed by atoms with Gasteiger partial charge in [-0.05, 0) is 13.8 Å². The van der Waals surface area contributed by atoms with Crippen LogP contribution in [0.25, 0.3) is 0 Å². The molecule has 2 fully saturated rings. The number of nitrogens with zero attached hydrogens (tertiary/aromatic N) is 1. The largest absolute Gasteiger partial charge is 0.365 e. The van der Waals surface area contributed by atoms with E-state index in [1.54, 1.807) is 0 Å². The van der Waals surface area contributed by atoms with Gasteiger partial charge < -0.3 is 4.90 Å². The number of sulfone groups is 1. The molecule has 1 N–H and O–H groups in total. The second kappa shape index (κ2) is 2.95. The van der Waals surface area contributed by atoms with Crippen molar-refractivity contribution in [2.75, 3.05) is 0 Å². The molecule has 2 aliphatic rings. The summed E-state index contributed by atoms with van der Waals surface area (Å²) in [7, 11) is -3.61. The first-order chi connectivity index (χ1) is 7.25. The van der Waals surface area contributed by atoms with Crippen LogP contribution in [0, 0.1) is 0 Å². The van der Waals surface area contributed by atoms with Gasteiger partial charge >= 0.3 is 5.97 Å². The lowest BCUT2D eigenvalue weighted by Gasteiger charge is -2.35. The third kappa shape index (κ3) is 1.03. The SMILES string of the molecule is CC1(C)[C@H](C(=O)OO)N2C(=O)C[C@H]2S1(=O)=O. The summed E-state index contributed by atoms with van der Waals surface area (Å²) in [6.45, 7) is 2.69. The van der Waals surface area contributed by atoms with Crippen LogP contribution < -0.4 is 0 Å². The van der Waals surface area contributed by atoms with E-state index in [-0.39, 0.29) is 6.42 Å². The van der Waals surface area contributed by atoms with Crippen molar-refractivity contribution in [2.45, 2.75) is 36.4 Å². The van der Waals surface area contributed by atoms with Gasteiger partial charge in [-0.3, -0.25) is 9.68 Å². The van der Waals surface area contributed by atoms with Gasteiger partial charge in [0.2, 0.25) is 5.91 Å². The summed E-state index contributed by atoms with van der Waals surface area (Å²) in [6, 6.07) is -1.27. The van der Waals surface area contributed by atoms with Gasteiger partial charge in [0.15, 0.2) is 15.9 Å². The fraction of sp³-hybridized carbons (Fsp3) is 0.750. The molecular formula is C8H11NO6S. The Labute approximate surface area is 91.8 Å². The molecule has 2 aliphatic heterocycles. The Bertz CT molecular complexity index is 467. The lowest BCUT2D eigenvalue weighted by molar-refractivity contribution is -0.241. The van der Waals surface area contributed by atoms with Crippen LogP contribution in [0.4, 0.5) is 0 Å². The number of rotatable bonds is 1. The fourth-order valence-corrected chi connectivity index (χ4v) is 4.38. The van der Waals surface area contributed by atoms with E-state index in [2.05, 4.69) is 4.89 Å². The molecule has 0 bridgehead atoms. The summed E-state index contributed by atoms with van der Waals surface area (Å²) in [4.78, 5) is 27.1. The molecule has 90 valence electrons. The standard InChI is InChI=1S/C8H11NO6S/c1-8(2)6(7(11)15-12)9-4(10)3-5(9)16(8,13)14/h5-6,12H,3H2,1-2H3/t5-,6+/m1/s1. The summed E-state index contributed by atoms with van der Waals surface area (Å²) in [5.74, 6) is -1.54. The predicted octanol–water partition coefficient (Wildman–Crippen LogP) is -0.863. The van der Waals surface area contributed by atoms with Crippen LogP contribution in [0.15, 0.2) is 0 Å². The zero-order valence-corrected chi connectivity index (χ0v) is 9.52. The molecule has 0 saturated carbocycles. The number of carbonyl (C=O) groups excluding carboxylic acids is 2. The van der Waals surface area contributed by atoms with E-state index in [9.17, 15) is 18.0 Å². The highest BCUT2D eigenvalue weighted by Gasteiger charge is 2.68. The van der Waals surface area contributed by atoms with Gasteiger partial charge in [-0.25, -0.2) is 13.2 Å². The van der Waals surface area contributed by atoms with Crippen LogP contribution in [0.1, 0.15) is 20.3 Å². The molecule has 0 aromatic carbocycles. The molecule has 1 amide bonds. The molecule has 0 aliphatic carbocycles. The number of fused-ring (bicyclic) bond motifs is 1. The van der Waals surface area contributed by atoms with Gasteiger partial charge in [0.1, 0.15) is 10.1 Å². The van der Waals surface area contributed by atoms with Crippen molar-refractivity contribution in [3.63, 3.8) is 0 Å². The topological polar surface area (TPSA) is 101 Å². The first kappa shape index (κ1) is 11.3. The first-order valence-electron chi connectivity index (χ1n) is 4.65. The minimum Gasteiger partial charge on any atom is -0.309 e. The molecule has 7 nitrogen and oxygen atoms in total. The fourth-order valence-electron chi connectivity index (χ4n) is 2.26. The third-order valence-electron chi connectivity index (χ3n) is 3.29. The zero-order chi connectivity index (χ0) is 12.3. The molecule has 0 aromatic rings. The quantitative estimate of drug-likeness (QED) is 0.368. The van der Waals surface area contributed by atoms with Crippen LogP contribution in [-0.4, -0.2) is 46.6 Å². The lowest BCUT2D eigenvalue weighted by atomic mass is 9.98. The Morgan fingerprint density at radius 3 is 2.56 bits per heavy atom. The normalized spacial score (nSPS) is 34.2. The summed E-state index contributed by atoms with van der Waals surface area (Å²) in [5.41, 5.74) is 0. The number of β-lactam (4-membered cyclic amide) rings is 1. The molecule has 2 saturated heterocycles. The molecule has 0 unspecified atom stereocenters. The molecular weight excluding hydrogens is 238 g/mol. The first-order valence-corrected chi connectivity index (χ1v) is 6.19.